The number of hydrogen-bond donors (Lipinski definition) is 4. The largest absolute Gasteiger partial charge is 0.397 e. The maximum absolute atomic E-state index is 14.9. The molecule has 13 heteroatoms. The molecule has 10 nitrogen and oxygen atoms in total. The summed E-state index contributed by atoms with van der Waals surface area (Å²) in [4.78, 5) is 16.3. The zero-order valence-electron chi connectivity index (χ0n) is 20.3. The summed E-state index contributed by atoms with van der Waals surface area (Å²) < 4.78 is 54.8. The predicted octanol–water partition coefficient (Wildman–Crippen LogP) is 4.14. The zero-order chi connectivity index (χ0) is 27.3. The fraction of sp³-hybridized carbons (Fsp3) is 0.0769. The van der Waals surface area contributed by atoms with Gasteiger partial charge in [0.2, 0.25) is 10.0 Å². The normalized spacial score (nSPS) is 12.0. The minimum atomic E-state index is -3.46. The zero-order valence-corrected chi connectivity index (χ0v) is 21.1. The lowest BCUT2D eigenvalue weighted by molar-refractivity contribution is 0.586. The number of nitrogens with one attached hydrogen (secondary N) is 3. The number of aromatic nitrogens is 6. The molecule has 39 heavy (non-hydrogen) atoms. The number of hydrogen-bond acceptors (Lipinski definition) is 7. The Morgan fingerprint density at radius 2 is 1.87 bits per heavy atom. The Morgan fingerprint density at radius 1 is 1.03 bits per heavy atom. The number of rotatable bonds is 6. The number of pyridine rings is 2. The topological polar surface area (TPSA) is 155 Å². The summed E-state index contributed by atoms with van der Waals surface area (Å²) in [6, 6.07) is 10.6. The molecule has 2 aromatic carbocycles. The van der Waals surface area contributed by atoms with E-state index in [9.17, 15) is 17.2 Å². The highest BCUT2D eigenvalue weighted by molar-refractivity contribution is 7.88. The molecule has 0 amide bonds. The molecule has 4 heterocycles. The van der Waals surface area contributed by atoms with Crippen molar-refractivity contribution in [2.45, 2.75) is 6.54 Å². The molecule has 6 aromatic rings. The van der Waals surface area contributed by atoms with Crippen LogP contribution in [0, 0.1) is 11.6 Å². The lowest BCUT2D eigenvalue weighted by Crippen LogP contribution is -2.21. The van der Waals surface area contributed by atoms with Gasteiger partial charge in [0.25, 0.3) is 0 Å². The van der Waals surface area contributed by atoms with Gasteiger partial charge in [-0.2, -0.15) is 5.10 Å². The molecule has 0 fully saturated rings. The van der Waals surface area contributed by atoms with E-state index in [0.29, 0.717) is 67.1 Å². The van der Waals surface area contributed by atoms with Crippen molar-refractivity contribution in [3.63, 3.8) is 0 Å². The van der Waals surface area contributed by atoms with Gasteiger partial charge < -0.3 is 10.7 Å². The number of sulfonamides is 1. The number of imidazole rings is 1. The number of nitrogens with zero attached hydrogens (tertiary/aromatic N) is 4. The van der Waals surface area contributed by atoms with Crippen LogP contribution in [0.15, 0.2) is 61.1 Å². The summed E-state index contributed by atoms with van der Waals surface area (Å²) >= 11 is 0. The number of nitrogens with two attached hydrogens (primary N) is 1. The third-order valence-electron chi connectivity index (χ3n) is 6.14. The molecule has 0 bridgehead atoms. The number of fused-ring (bicyclic) bond motifs is 2. The van der Waals surface area contributed by atoms with E-state index in [1.54, 1.807) is 30.5 Å². The lowest BCUT2D eigenvalue weighted by Gasteiger charge is -2.08. The molecule has 0 unspecified atom stereocenters. The highest BCUT2D eigenvalue weighted by Gasteiger charge is 2.19. The molecule has 0 radical (unpaired) electrons. The standard InChI is InChI=1S/C26H20F2N8O2S/c1-39(37,38)32-10-13-4-14(6-16(27)5-13)18-2-3-31-25-23(18)33-26(34-25)24-20-8-19(15-7-17(29)12-30-11-15)21(28)9-22(20)35-36-24/h2-9,11-12,32H,10,29H2,1H3,(H,35,36)(H,31,33,34). The van der Waals surface area contributed by atoms with E-state index in [1.165, 1.54) is 30.6 Å². The fourth-order valence-electron chi connectivity index (χ4n) is 4.42. The Balaban J connectivity index is 1.45. The van der Waals surface area contributed by atoms with Gasteiger partial charge >= 0.3 is 0 Å². The molecular formula is C26H20F2N8O2S. The van der Waals surface area contributed by atoms with Crippen LogP contribution < -0.4 is 10.5 Å². The first-order valence-corrected chi connectivity index (χ1v) is 13.5. The minimum absolute atomic E-state index is 0.0651. The maximum Gasteiger partial charge on any atom is 0.209 e. The van der Waals surface area contributed by atoms with Crippen LogP contribution in [0.5, 0.6) is 0 Å². The second kappa shape index (κ2) is 9.22. The summed E-state index contributed by atoms with van der Waals surface area (Å²) in [5.41, 5.74) is 10.4. The second-order valence-electron chi connectivity index (χ2n) is 9.04. The highest BCUT2D eigenvalue weighted by Crippen LogP contribution is 2.34. The van der Waals surface area contributed by atoms with Crippen molar-refractivity contribution in [1.82, 2.24) is 34.9 Å². The first-order valence-electron chi connectivity index (χ1n) is 11.6. The van der Waals surface area contributed by atoms with E-state index in [1.807, 2.05) is 0 Å². The van der Waals surface area contributed by atoms with Gasteiger partial charge in [0.15, 0.2) is 11.5 Å². The summed E-state index contributed by atoms with van der Waals surface area (Å²) in [6.45, 7) is -0.0651. The fourth-order valence-corrected chi connectivity index (χ4v) is 4.85. The Hall–Kier alpha value is -4.75. The molecule has 196 valence electrons. The molecule has 5 N–H and O–H groups in total. The van der Waals surface area contributed by atoms with Gasteiger partial charge in [0.05, 0.1) is 17.5 Å². The van der Waals surface area contributed by atoms with E-state index in [-0.39, 0.29) is 6.54 Å². The van der Waals surface area contributed by atoms with Crippen LogP contribution in [0.25, 0.3) is 55.8 Å². The molecule has 0 aliphatic rings. The third kappa shape index (κ3) is 4.80. The van der Waals surface area contributed by atoms with E-state index in [0.717, 1.165) is 6.26 Å². The van der Waals surface area contributed by atoms with Crippen molar-refractivity contribution in [3.05, 3.63) is 78.3 Å². The minimum Gasteiger partial charge on any atom is -0.397 e. The second-order valence-corrected chi connectivity index (χ2v) is 10.9. The molecule has 0 saturated carbocycles. The quantitative estimate of drug-likeness (QED) is 0.245. The van der Waals surface area contributed by atoms with E-state index < -0.39 is 21.7 Å². The van der Waals surface area contributed by atoms with Gasteiger partial charge in [-0.05, 0) is 47.5 Å². The van der Waals surface area contributed by atoms with Gasteiger partial charge in [-0.1, -0.05) is 0 Å². The number of halogens is 2. The monoisotopic (exact) mass is 546 g/mol. The van der Waals surface area contributed by atoms with Crippen molar-refractivity contribution in [3.8, 4) is 33.8 Å². The van der Waals surface area contributed by atoms with Crippen molar-refractivity contribution in [2.75, 3.05) is 12.0 Å². The van der Waals surface area contributed by atoms with Crippen LogP contribution >= 0.6 is 0 Å². The molecule has 4 aromatic heterocycles. The number of benzene rings is 2. The Morgan fingerprint density at radius 3 is 2.67 bits per heavy atom. The molecule has 0 atom stereocenters. The smallest absolute Gasteiger partial charge is 0.209 e. The molecule has 0 spiro atoms. The van der Waals surface area contributed by atoms with E-state index in [2.05, 4.69) is 29.9 Å². The van der Waals surface area contributed by atoms with Gasteiger partial charge in [0.1, 0.15) is 22.8 Å². The first kappa shape index (κ1) is 24.6. The van der Waals surface area contributed by atoms with Gasteiger partial charge in [-0.3, -0.25) is 10.1 Å². The van der Waals surface area contributed by atoms with Crippen LogP contribution in [0.3, 0.4) is 0 Å². The van der Waals surface area contributed by atoms with Crippen LogP contribution in [0.4, 0.5) is 14.5 Å². The van der Waals surface area contributed by atoms with Crippen molar-refractivity contribution in [2.24, 2.45) is 0 Å². The van der Waals surface area contributed by atoms with Gasteiger partial charge in [0, 0.05) is 53.3 Å². The van der Waals surface area contributed by atoms with Crippen LogP contribution in [0.2, 0.25) is 0 Å². The Kier molecular flexibility index (Phi) is 5.81. The van der Waals surface area contributed by atoms with Crippen LogP contribution in [-0.2, 0) is 16.6 Å². The van der Waals surface area contributed by atoms with Gasteiger partial charge in [-0.15, -0.1) is 0 Å². The number of anilines is 1. The van der Waals surface area contributed by atoms with E-state index >= 15 is 0 Å². The number of H-pyrrole nitrogens is 2. The van der Waals surface area contributed by atoms with Gasteiger partial charge in [-0.25, -0.2) is 31.9 Å². The molecule has 6 rings (SSSR count). The number of aromatic amines is 2. The summed E-state index contributed by atoms with van der Waals surface area (Å²) in [5.74, 6) is -0.622. The molecular weight excluding hydrogens is 526 g/mol. The van der Waals surface area contributed by atoms with Crippen LogP contribution in [0.1, 0.15) is 5.56 Å². The first-order chi connectivity index (χ1) is 18.6. The Bertz CT molecular complexity index is 2000. The molecule has 0 aliphatic carbocycles. The summed E-state index contributed by atoms with van der Waals surface area (Å²) in [5, 5.41) is 7.79. The lowest BCUT2D eigenvalue weighted by atomic mass is 10.0. The van der Waals surface area contributed by atoms with Crippen molar-refractivity contribution >= 4 is 37.8 Å². The van der Waals surface area contributed by atoms with Crippen LogP contribution in [-0.4, -0.2) is 44.8 Å². The van der Waals surface area contributed by atoms with Crippen molar-refractivity contribution < 1.29 is 17.2 Å². The summed E-state index contributed by atoms with van der Waals surface area (Å²) in [6.07, 6.45) is 5.59. The average Bonchev–Trinajstić information content (AvgIpc) is 3.49. The maximum atomic E-state index is 14.9. The number of nitrogen functional groups attached to an aromatic ring is 1. The molecule has 0 aliphatic heterocycles. The molecule has 0 saturated heterocycles. The summed E-state index contributed by atoms with van der Waals surface area (Å²) in [7, 11) is -3.46. The third-order valence-corrected chi connectivity index (χ3v) is 6.81. The van der Waals surface area contributed by atoms with Crippen molar-refractivity contribution in [1.29, 1.82) is 0 Å². The average molecular weight is 547 g/mol. The highest BCUT2D eigenvalue weighted by atomic mass is 32.2. The van der Waals surface area contributed by atoms with E-state index in [4.69, 9.17) is 10.7 Å². The predicted molar refractivity (Wildman–Crippen MR) is 144 cm³/mol. The SMILES string of the molecule is CS(=O)(=O)NCc1cc(F)cc(-c2ccnc3[nH]c(-c4n[nH]c5cc(F)c(-c6cncc(N)c6)cc45)nc23)c1. The Labute approximate surface area is 220 Å².